The molecule has 2 atom stereocenters. The summed E-state index contributed by atoms with van der Waals surface area (Å²) in [5.41, 5.74) is 14.3. The molecule has 3 aromatic heterocycles. The monoisotopic (exact) mass is 582 g/mol. The van der Waals surface area contributed by atoms with Crippen LogP contribution in [-0.2, 0) is 9.53 Å². The van der Waals surface area contributed by atoms with Crippen molar-refractivity contribution < 1.29 is 19.7 Å². The molecule has 4 N–H and O–H groups in total. The van der Waals surface area contributed by atoms with Crippen molar-refractivity contribution in [3.05, 3.63) is 69.3 Å². The minimum Gasteiger partial charge on any atom is -0.469 e. The molecular weight excluding hydrogens is 540 g/mol. The Morgan fingerprint density at radius 3 is 1.70 bits per heavy atom. The van der Waals surface area contributed by atoms with E-state index in [1.165, 1.54) is 12.7 Å². The molecule has 2 aliphatic heterocycles. The number of rotatable bonds is 7. The van der Waals surface area contributed by atoms with Crippen molar-refractivity contribution in [1.82, 2.24) is 19.9 Å². The second-order valence-electron chi connectivity index (χ2n) is 11.7. The van der Waals surface area contributed by atoms with Crippen LogP contribution in [0.3, 0.4) is 0 Å². The van der Waals surface area contributed by atoms with Crippen LogP contribution < -0.4 is 0 Å². The predicted octanol–water partition coefficient (Wildman–Crippen LogP) is 7.65. The van der Waals surface area contributed by atoms with Crippen LogP contribution in [0.15, 0.2) is 24.3 Å². The zero-order valence-electron chi connectivity index (χ0n) is 26.4. The normalized spacial score (nSPS) is 14.8. The Balaban J connectivity index is 1.94. The quantitative estimate of drug-likeness (QED) is 0.212. The number of carbonyl (C=O) groups excluding carboxylic acids is 1. The van der Waals surface area contributed by atoms with Gasteiger partial charge >= 0.3 is 5.97 Å². The Morgan fingerprint density at radius 1 is 0.744 bits per heavy atom. The Labute approximate surface area is 252 Å². The number of aromatic nitrogens is 4. The number of esters is 1. The largest absolute Gasteiger partial charge is 0.469 e. The van der Waals surface area contributed by atoms with E-state index in [2.05, 4.69) is 29.9 Å². The Kier molecular flexibility index (Phi) is 8.45. The fourth-order valence-corrected chi connectivity index (χ4v) is 6.43. The van der Waals surface area contributed by atoms with Crippen LogP contribution in [0.25, 0.3) is 44.4 Å². The van der Waals surface area contributed by atoms with Gasteiger partial charge in [-0.2, -0.15) is 0 Å². The van der Waals surface area contributed by atoms with Crippen molar-refractivity contribution in [2.45, 2.75) is 86.4 Å². The average molecular weight is 583 g/mol. The maximum Gasteiger partial charge on any atom is 0.305 e. The SMILES string of the molecule is CCCC1=C(C)c2cc3[nH]c(cc4[nH]c(cc5nc(cc1n2)C(CCC(=O)OC)=C5C)c(C(C)O)c4C)c(C(C)O)c3C. The first-order chi connectivity index (χ1) is 20.4. The summed E-state index contributed by atoms with van der Waals surface area (Å²) in [5, 5.41) is 21.6. The van der Waals surface area contributed by atoms with Gasteiger partial charge in [0.25, 0.3) is 0 Å². The van der Waals surface area contributed by atoms with Gasteiger partial charge in [-0.25, -0.2) is 9.97 Å². The molecule has 226 valence electrons. The number of aromatic amines is 2. The summed E-state index contributed by atoms with van der Waals surface area (Å²) in [6.07, 6.45) is 1.18. The molecule has 0 spiro atoms. The maximum absolute atomic E-state index is 12.1. The van der Waals surface area contributed by atoms with Gasteiger partial charge in [-0.3, -0.25) is 4.79 Å². The van der Waals surface area contributed by atoms with Crippen molar-refractivity contribution in [2.75, 3.05) is 7.11 Å². The fourth-order valence-electron chi connectivity index (χ4n) is 6.43. The van der Waals surface area contributed by atoms with E-state index in [1.807, 2.05) is 39.0 Å². The van der Waals surface area contributed by atoms with Gasteiger partial charge in [-0.1, -0.05) is 13.3 Å². The van der Waals surface area contributed by atoms with E-state index in [1.54, 1.807) is 13.8 Å². The lowest BCUT2D eigenvalue weighted by Gasteiger charge is -2.06. The van der Waals surface area contributed by atoms with Gasteiger partial charge in [0.05, 0.1) is 42.1 Å². The van der Waals surface area contributed by atoms with Crippen LogP contribution in [0.1, 0.15) is 118 Å². The molecule has 0 saturated heterocycles. The first-order valence-electron chi connectivity index (χ1n) is 15.0. The number of nitrogens with one attached hydrogen (secondary N) is 2. The van der Waals surface area contributed by atoms with E-state index in [9.17, 15) is 15.0 Å². The molecule has 0 aliphatic carbocycles. The standard InChI is InChI=1S/C35H42N4O4/c1-9-10-23-17(2)25-13-27-19(4)34(21(6)40)32(38-27)15-28-20(5)35(22(7)41)31(39-28)14-26-18(3)24(11-12-33(42)43-8)30(37-26)16-29(23)36-25/h13-16,21-22,38-41H,9-12H2,1-8H3. The lowest BCUT2D eigenvalue weighted by Crippen LogP contribution is -2.00. The van der Waals surface area contributed by atoms with E-state index < -0.39 is 12.2 Å². The molecule has 43 heavy (non-hydrogen) atoms. The topological polar surface area (TPSA) is 124 Å². The van der Waals surface area contributed by atoms with Crippen LogP contribution in [-0.4, -0.2) is 43.2 Å². The Bertz CT molecular complexity index is 1840. The van der Waals surface area contributed by atoms with Crippen LogP contribution in [0.4, 0.5) is 0 Å². The number of allylic oxidation sites excluding steroid dienone is 4. The number of nitrogens with zero attached hydrogens (tertiary/aromatic N) is 2. The summed E-state index contributed by atoms with van der Waals surface area (Å²) in [5.74, 6) is -0.269. The predicted molar refractivity (Wildman–Crippen MR) is 173 cm³/mol. The molecule has 8 bridgehead atoms. The number of H-pyrrole nitrogens is 2. The molecule has 0 radical (unpaired) electrons. The molecule has 0 aromatic carbocycles. The third-order valence-electron chi connectivity index (χ3n) is 8.78. The van der Waals surface area contributed by atoms with Crippen LogP contribution >= 0.6 is 0 Å². The number of aliphatic hydroxyl groups is 2. The highest BCUT2D eigenvalue weighted by Gasteiger charge is 2.23. The highest BCUT2D eigenvalue weighted by atomic mass is 16.5. The Hall–Kier alpha value is -4.01. The van der Waals surface area contributed by atoms with E-state index >= 15 is 0 Å². The first-order valence-corrected chi connectivity index (χ1v) is 15.0. The second-order valence-corrected chi connectivity index (χ2v) is 11.7. The van der Waals surface area contributed by atoms with Crippen molar-refractivity contribution >= 4 is 50.3 Å². The van der Waals surface area contributed by atoms with E-state index in [4.69, 9.17) is 14.7 Å². The number of fused-ring (bicyclic) bond motifs is 8. The van der Waals surface area contributed by atoms with Crippen molar-refractivity contribution in [1.29, 1.82) is 0 Å². The lowest BCUT2D eigenvalue weighted by atomic mass is 9.98. The summed E-state index contributed by atoms with van der Waals surface area (Å²) < 4.78 is 4.94. The van der Waals surface area contributed by atoms with Gasteiger partial charge in [0.1, 0.15) is 0 Å². The lowest BCUT2D eigenvalue weighted by molar-refractivity contribution is -0.140. The average Bonchev–Trinajstić information content (AvgIpc) is 3.61. The van der Waals surface area contributed by atoms with E-state index in [0.717, 1.165) is 96.7 Å². The molecular formula is C35H42N4O4. The number of ether oxygens (including phenoxy) is 1. The van der Waals surface area contributed by atoms with Crippen molar-refractivity contribution in [3.63, 3.8) is 0 Å². The van der Waals surface area contributed by atoms with Gasteiger partial charge in [-0.05, 0) is 112 Å². The number of hydrogen-bond acceptors (Lipinski definition) is 6. The van der Waals surface area contributed by atoms with E-state index in [-0.39, 0.29) is 12.4 Å². The van der Waals surface area contributed by atoms with Gasteiger partial charge in [-0.15, -0.1) is 0 Å². The van der Waals surface area contributed by atoms with Crippen LogP contribution in [0.2, 0.25) is 0 Å². The summed E-state index contributed by atoms with van der Waals surface area (Å²) in [6.45, 7) is 13.8. The number of hydrogen-bond donors (Lipinski definition) is 4. The minimum absolute atomic E-state index is 0.247. The van der Waals surface area contributed by atoms with Gasteiger partial charge in [0.2, 0.25) is 0 Å². The van der Waals surface area contributed by atoms with E-state index in [0.29, 0.717) is 6.42 Å². The molecule has 0 fully saturated rings. The smallest absolute Gasteiger partial charge is 0.305 e. The molecule has 5 heterocycles. The third-order valence-corrected chi connectivity index (χ3v) is 8.78. The third kappa shape index (κ3) is 5.57. The zero-order chi connectivity index (χ0) is 31.2. The summed E-state index contributed by atoms with van der Waals surface area (Å²) in [6, 6.07) is 8.08. The van der Waals surface area contributed by atoms with Crippen LogP contribution in [0.5, 0.6) is 0 Å². The number of methoxy groups -OCH3 is 1. The summed E-state index contributed by atoms with van der Waals surface area (Å²) in [7, 11) is 1.40. The van der Waals surface area contributed by atoms with Gasteiger partial charge in [0, 0.05) is 39.6 Å². The van der Waals surface area contributed by atoms with Crippen LogP contribution in [0, 0.1) is 13.8 Å². The molecule has 8 nitrogen and oxygen atoms in total. The number of aryl methyl sites for hydroxylation is 2. The van der Waals surface area contributed by atoms with Gasteiger partial charge in [0.15, 0.2) is 0 Å². The summed E-state index contributed by atoms with van der Waals surface area (Å²) >= 11 is 0. The fraction of sp³-hybridized carbons (Fsp3) is 0.400. The maximum atomic E-state index is 12.1. The minimum atomic E-state index is -0.719. The van der Waals surface area contributed by atoms with Gasteiger partial charge < -0.3 is 24.9 Å². The molecule has 3 aromatic rings. The molecule has 0 amide bonds. The molecule has 0 saturated carbocycles. The summed E-state index contributed by atoms with van der Waals surface area (Å²) in [4.78, 5) is 29.4. The molecule has 2 aliphatic rings. The first kappa shape index (κ1) is 30.4. The zero-order valence-corrected chi connectivity index (χ0v) is 26.4. The molecule has 2 unspecified atom stereocenters. The van der Waals surface area contributed by atoms with Crippen molar-refractivity contribution in [2.24, 2.45) is 0 Å². The highest BCUT2D eigenvalue weighted by molar-refractivity contribution is 5.96. The second kappa shape index (κ2) is 11.9. The van der Waals surface area contributed by atoms with Crippen molar-refractivity contribution in [3.8, 4) is 0 Å². The number of aliphatic hydroxyl groups excluding tert-OH is 2. The number of carbonyl (C=O) groups is 1. The highest BCUT2D eigenvalue weighted by Crippen LogP contribution is 2.38. The Morgan fingerprint density at radius 2 is 1.21 bits per heavy atom. The molecule has 5 rings (SSSR count). The molecule has 8 heteroatoms.